The first kappa shape index (κ1) is 16.5. The maximum Gasteiger partial charge on any atom is 0.0648 e. The van der Waals surface area contributed by atoms with Crippen LogP contribution in [0.25, 0.3) is 0 Å². The minimum atomic E-state index is -0.307. The Balaban J connectivity index is 1.99. The Labute approximate surface area is 129 Å². The van der Waals surface area contributed by atoms with E-state index in [-0.39, 0.29) is 12.0 Å². The van der Waals surface area contributed by atoms with Crippen LogP contribution < -0.4 is 5.73 Å². The van der Waals surface area contributed by atoms with Gasteiger partial charge in [-0.3, -0.25) is 0 Å². The summed E-state index contributed by atoms with van der Waals surface area (Å²) < 4.78 is 0. The summed E-state index contributed by atoms with van der Waals surface area (Å²) in [4.78, 5) is 0. The number of aliphatic hydroxyl groups excluding tert-OH is 1. The zero-order chi connectivity index (χ0) is 15.5. The van der Waals surface area contributed by atoms with Gasteiger partial charge in [-0.25, -0.2) is 0 Å². The average molecular weight is 289 g/mol. The average Bonchev–Trinajstić information content (AvgIpc) is 2.48. The molecule has 1 aromatic carbocycles. The van der Waals surface area contributed by atoms with Crippen molar-refractivity contribution >= 4 is 0 Å². The van der Waals surface area contributed by atoms with Crippen LogP contribution in [0.3, 0.4) is 0 Å². The number of rotatable bonds is 4. The topological polar surface area (TPSA) is 46.2 Å². The Bertz CT molecular complexity index is 415. The summed E-state index contributed by atoms with van der Waals surface area (Å²) in [6.45, 7) is 7.52. The lowest BCUT2D eigenvalue weighted by Gasteiger charge is -2.40. The molecule has 1 aliphatic rings. The second-order valence-corrected chi connectivity index (χ2v) is 7.72. The van der Waals surface area contributed by atoms with Gasteiger partial charge in [-0.15, -0.1) is 0 Å². The van der Waals surface area contributed by atoms with Gasteiger partial charge in [0.1, 0.15) is 0 Å². The van der Waals surface area contributed by atoms with E-state index in [1.807, 2.05) is 18.2 Å². The van der Waals surface area contributed by atoms with Crippen LogP contribution in [0.1, 0.15) is 57.9 Å². The Morgan fingerprint density at radius 3 is 2.14 bits per heavy atom. The third-order valence-electron chi connectivity index (χ3n) is 5.37. The minimum Gasteiger partial charge on any atom is -0.392 e. The predicted octanol–water partition coefficient (Wildman–Crippen LogP) is 3.94. The predicted molar refractivity (Wildman–Crippen MR) is 89.1 cm³/mol. The van der Waals surface area contributed by atoms with Gasteiger partial charge in [0.25, 0.3) is 0 Å². The highest BCUT2D eigenvalue weighted by Gasteiger charge is 2.35. The van der Waals surface area contributed by atoms with Crippen molar-refractivity contribution in [3.05, 3.63) is 35.9 Å². The molecule has 0 saturated heterocycles. The van der Waals surface area contributed by atoms with Gasteiger partial charge in [0.15, 0.2) is 0 Å². The molecule has 1 aliphatic carbocycles. The monoisotopic (exact) mass is 289 g/mol. The van der Waals surface area contributed by atoms with Crippen molar-refractivity contribution in [3.8, 4) is 0 Å². The van der Waals surface area contributed by atoms with Crippen molar-refractivity contribution in [3.63, 3.8) is 0 Å². The summed E-state index contributed by atoms with van der Waals surface area (Å²) in [6.07, 6.45) is 4.42. The quantitative estimate of drug-likeness (QED) is 0.882. The molecule has 0 bridgehead atoms. The molecule has 3 N–H and O–H groups in total. The summed E-state index contributed by atoms with van der Waals surface area (Å²) in [5.41, 5.74) is 7.51. The van der Waals surface area contributed by atoms with Gasteiger partial charge >= 0.3 is 0 Å². The fourth-order valence-corrected chi connectivity index (χ4v) is 3.83. The normalized spacial score (nSPS) is 26.3. The van der Waals surface area contributed by atoms with Crippen LogP contribution in [0, 0.1) is 17.3 Å². The van der Waals surface area contributed by atoms with Gasteiger partial charge in [0, 0.05) is 12.5 Å². The van der Waals surface area contributed by atoms with E-state index in [9.17, 15) is 5.11 Å². The Hall–Kier alpha value is -0.860. The summed E-state index contributed by atoms with van der Waals surface area (Å²) in [5.74, 6) is 1.26. The van der Waals surface area contributed by atoms with Crippen LogP contribution in [0.5, 0.6) is 0 Å². The zero-order valence-corrected chi connectivity index (χ0v) is 13.8. The van der Waals surface area contributed by atoms with Crippen LogP contribution in [-0.2, 0) is 0 Å². The van der Waals surface area contributed by atoms with Gasteiger partial charge in [-0.2, -0.15) is 0 Å². The van der Waals surface area contributed by atoms with E-state index < -0.39 is 0 Å². The van der Waals surface area contributed by atoms with E-state index in [1.54, 1.807) is 0 Å². The molecular weight excluding hydrogens is 258 g/mol. The highest BCUT2D eigenvalue weighted by Crippen LogP contribution is 2.42. The Morgan fingerprint density at radius 1 is 1.10 bits per heavy atom. The SMILES string of the molecule is CC(C)(C)C1CCC(C(O)C(CN)c2ccccc2)CC1. The van der Waals surface area contributed by atoms with Gasteiger partial charge in [-0.1, -0.05) is 51.1 Å². The number of hydrogen-bond acceptors (Lipinski definition) is 2. The zero-order valence-electron chi connectivity index (χ0n) is 13.8. The first-order chi connectivity index (χ1) is 9.93. The molecule has 118 valence electrons. The molecule has 2 heteroatoms. The summed E-state index contributed by atoms with van der Waals surface area (Å²) in [5, 5.41) is 10.8. The minimum absolute atomic E-state index is 0.0717. The van der Waals surface area contributed by atoms with Crippen LogP contribution in [0.2, 0.25) is 0 Å². The second kappa shape index (κ2) is 6.93. The van der Waals surface area contributed by atoms with Crippen molar-refractivity contribution in [2.24, 2.45) is 23.0 Å². The third kappa shape index (κ3) is 4.08. The highest BCUT2D eigenvalue weighted by atomic mass is 16.3. The molecular formula is C19H31NO. The van der Waals surface area contributed by atoms with Crippen molar-refractivity contribution in [2.75, 3.05) is 6.54 Å². The molecule has 0 aromatic heterocycles. The highest BCUT2D eigenvalue weighted by molar-refractivity contribution is 5.21. The molecule has 0 heterocycles. The molecule has 2 nitrogen and oxygen atoms in total. The van der Waals surface area contributed by atoms with Crippen molar-refractivity contribution in [1.29, 1.82) is 0 Å². The molecule has 2 rings (SSSR count). The van der Waals surface area contributed by atoms with Gasteiger partial charge < -0.3 is 10.8 Å². The number of aliphatic hydroxyl groups is 1. The van der Waals surface area contributed by atoms with Crippen LogP contribution in [-0.4, -0.2) is 17.8 Å². The van der Waals surface area contributed by atoms with E-state index in [0.29, 0.717) is 17.9 Å². The standard InChI is InChI=1S/C19H31NO/c1-19(2,3)16-11-9-15(10-12-16)18(21)17(13-20)14-7-5-4-6-8-14/h4-8,15-18,21H,9-13,20H2,1-3H3. The lowest BCUT2D eigenvalue weighted by Crippen LogP contribution is -2.36. The molecule has 1 fully saturated rings. The van der Waals surface area contributed by atoms with Crippen LogP contribution >= 0.6 is 0 Å². The molecule has 2 atom stereocenters. The van der Waals surface area contributed by atoms with E-state index in [2.05, 4.69) is 32.9 Å². The Kier molecular flexibility index (Phi) is 5.45. The van der Waals surface area contributed by atoms with E-state index >= 15 is 0 Å². The molecule has 0 radical (unpaired) electrons. The van der Waals surface area contributed by atoms with Gasteiger partial charge in [0.2, 0.25) is 0 Å². The van der Waals surface area contributed by atoms with Crippen LogP contribution in [0.4, 0.5) is 0 Å². The molecule has 0 spiro atoms. The van der Waals surface area contributed by atoms with Crippen molar-refractivity contribution in [1.82, 2.24) is 0 Å². The molecule has 21 heavy (non-hydrogen) atoms. The Morgan fingerprint density at radius 2 is 1.67 bits per heavy atom. The number of nitrogens with two attached hydrogens (primary N) is 1. The van der Waals surface area contributed by atoms with Gasteiger partial charge in [-0.05, 0) is 48.5 Å². The number of hydrogen-bond donors (Lipinski definition) is 2. The van der Waals surface area contributed by atoms with E-state index in [4.69, 9.17) is 5.73 Å². The molecule has 0 aliphatic heterocycles. The maximum absolute atomic E-state index is 10.8. The number of benzene rings is 1. The van der Waals surface area contributed by atoms with Gasteiger partial charge in [0.05, 0.1) is 6.10 Å². The molecule has 1 saturated carbocycles. The third-order valence-corrected chi connectivity index (χ3v) is 5.37. The first-order valence-corrected chi connectivity index (χ1v) is 8.36. The molecule has 0 amide bonds. The summed E-state index contributed by atoms with van der Waals surface area (Å²) in [7, 11) is 0. The lowest BCUT2D eigenvalue weighted by atomic mass is 9.67. The smallest absolute Gasteiger partial charge is 0.0648 e. The summed E-state index contributed by atoms with van der Waals surface area (Å²) in [6, 6.07) is 10.2. The summed E-state index contributed by atoms with van der Waals surface area (Å²) >= 11 is 0. The fourth-order valence-electron chi connectivity index (χ4n) is 3.83. The van der Waals surface area contributed by atoms with E-state index in [1.165, 1.54) is 18.4 Å². The van der Waals surface area contributed by atoms with Crippen molar-refractivity contribution < 1.29 is 5.11 Å². The van der Waals surface area contributed by atoms with Crippen molar-refractivity contribution in [2.45, 2.75) is 58.5 Å². The van der Waals surface area contributed by atoms with Crippen LogP contribution in [0.15, 0.2) is 30.3 Å². The van der Waals surface area contributed by atoms with E-state index in [0.717, 1.165) is 18.8 Å². The molecule has 2 unspecified atom stereocenters. The first-order valence-electron chi connectivity index (χ1n) is 8.36. The largest absolute Gasteiger partial charge is 0.392 e. The molecule has 1 aromatic rings. The second-order valence-electron chi connectivity index (χ2n) is 7.72. The fraction of sp³-hybridized carbons (Fsp3) is 0.684. The lowest BCUT2D eigenvalue weighted by molar-refractivity contribution is 0.0372. The maximum atomic E-state index is 10.8.